The molecular weight excluding hydrogens is 290 g/mol. The lowest BCUT2D eigenvalue weighted by atomic mass is 10.1. The summed E-state index contributed by atoms with van der Waals surface area (Å²) in [7, 11) is 0. The summed E-state index contributed by atoms with van der Waals surface area (Å²) in [6.45, 7) is 3.76. The maximum absolute atomic E-state index is 11.6. The molecule has 1 aromatic carbocycles. The predicted octanol–water partition coefficient (Wildman–Crippen LogP) is 1.74. The largest absolute Gasteiger partial charge is 0.367 e. The van der Waals surface area contributed by atoms with Gasteiger partial charge in [-0.2, -0.15) is 0 Å². The van der Waals surface area contributed by atoms with E-state index >= 15 is 0 Å². The first-order chi connectivity index (χ1) is 10.5. The first-order valence-corrected chi connectivity index (χ1v) is 7.04. The Morgan fingerprint density at radius 3 is 2.68 bits per heavy atom. The first kappa shape index (κ1) is 15.2. The second-order valence-corrected chi connectivity index (χ2v) is 5.72. The van der Waals surface area contributed by atoms with E-state index in [9.17, 15) is 9.70 Å². The number of benzene rings is 1. The molecule has 0 aromatic heterocycles. The molecule has 3 rings (SSSR count). The van der Waals surface area contributed by atoms with Gasteiger partial charge in [0.25, 0.3) is 0 Å². The van der Waals surface area contributed by atoms with E-state index in [4.69, 9.17) is 18.9 Å². The second kappa shape index (κ2) is 5.85. The molecule has 0 aliphatic carbocycles. The summed E-state index contributed by atoms with van der Waals surface area (Å²) >= 11 is 0. The van der Waals surface area contributed by atoms with Gasteiger partial charge >= 0.3 is 5.91 Å². The smallest absolute Gasteiger partial charge is 0.317 e. The summed E-state index contributed by atoms with van der Waals surface area (Å²) in [5.74, 6) is -1.75. The Kier molecular flexibility index (Phi) is 4.05. The Labute approximate surface area is 127 Å². The summed E-state index contributed by atoms with van der Waals surface area (Å²) < 4.78 is 22.5. The fourth-order valence-electron chi connectivity index (χ4n) is 2.68. The molecule has 7 heteroatoms. The summed E-state index contributed by atoms with van der Waals surface area (Å²) in [4.78, 5) is 22.2. The number of carbonyl (C=O) groups excluding carboxylic acids is 1. The molecule has 2 fully saturated rings. The van der Waals surface area contributed by atoms with Crippen molar-refractivity contribution in [2.24, 2.45) is 5.18 Å². The molecule has 7 nitrogen and oxygen atoms in total. The van der Waals surface area contributed by atoms with E-state index in [0.29, 0.717) is 0 Å². The first-order valence-electron chi connectivity index (χ1n) is 7.04. The van der Waals surface area contributed by atoms with E-state index in [-0.39, 0.29) is 6.61 Å². The molecule has 2 heterocycles. The van der Waals surface area contributed by atoms with Crippen molar-refractivity contribution in [2.75, 3.05) is 0 Å². The van der Waals surface area contributed by atoms with Crippen LogP contribution in [-0.4, -0.2) is 36.3 Å². The topological polar surface area (TPSA) is 83.4 Å². The molecule has 4 atom stereocenters. The van der Waals surface area contributed by atoms with Crippen LogP contribution < -0.4 is 0 Å². The van der Waals surface area contributed by atoms with Gasteiger partial charge in [0.1, 0.15) is 12.2 Å². The van der Waals surface area contributed by atoms with Crippen LogP contribution in [0.4, 0.5) is 0 Å². The molecule has 0 spiro atoms. The molecule has 1 aromatic rings. The molecule has 0 bridgehead atoms. The fraction of sp³-hybridized carbons (Fsp3) is 0.533. The number of nitroso groups, excluding NO2 is 1. The molecule has 0 saturated carbocycles. The zero-order valence-corrected chi connectivity index (χ0v) is 12.3. The second-order valence-electron chi connectivity index (χ2n) is 5.72. The number of carbonyl (C=O) groups is 1. The number of amides is 1. The van der Waals surface area contributed by atoms with Gasteiger partial charge < -0.3 is 18.9 Å². The average molecular weight is 307 g/mol. The quantitative estimate of drug-likeness (QED) is 0.788. The molecule has 22 heavy (non-hydrogen) atoms. The highest BCUT2D eigenvalue weighted by molar-refractivity contribution is 5.82. The lowest BCUT2D eigenvalue weighted by Crippen LogP contribution is -2.40. The van der Waals surface area contributed by atoms with Crippen LogP contribution in [0.1, 0.15) is 19.4 Å². The Morgan fingerprint density at radius 1 is 1.27 bits per heavy atom. The van der Waals surface area contributed by atoms with Gasteiger partial charge in [0.15, 0.2) is 18.2 Å². The third kappa shape index (κ3) is 2.93. The number of rotatable bonds is 4. The number of fused-ring (bicyclic) bond motifs is 1. The molecular formula is C15H17NO6. The Hall–Kier alpha value is -1.67. The summed E-state index contributed by atoms with van der Waals surface area (Å²) in [5.41, 5.74) is 0.939. The monoisotopic (exact) mass is 307 g/mol. The van der Waals surface area contributed by atoms with Crippen molar-refractivity contribution < 1.29 is 23.7 Å². The lowest BCUT2D eigenvalue weighted by Gasteiger charge is -2.24. The minimum Gasteiger partial charge on any atom is -0.367 e. The Bertz CT molecular complexity index is 560. The third-order valence-electron chi connectivity index (χ3n) is 3.61. The summed E-state index contributed by atoms with van der Waals surface area (Å²) in [6.07, 6.45) is -3.16. The van der Waals surface area contributed by atoms with Crippen LogP contribution in [0.5, 0.6) is 0 Å². The van der Waals surface area contributed by atoms with Gasteiger partial charge in [0.05, 0.1) is 6.61 Å². The minimum atomic E-state index is -1.10. The lowest BCUT2D eigenvalue weighted by molar-refractivity contribution is -0.218. The highest BCUT2D eigenvalue weighted by Crippen LogP contribution is 2.39. The van der Waals surface area contributed by atoms with Crippen molar-refractivity contribution in [1.82, 2.24) is 0 Å². The standard InChI is InChI=1S/C15H17NO6/c1-15(2)21-12-10(19-8-9-6-4-3-5-7-9)11(13(17)16-18)20-14(12)22-15/h3-7,10-12,14H,8H2,1-2H3/t10-,11-,12+,14+/m0/s1. The molecule has 0 unspecified atom stereocenters. The zero-order valence-electron chi connectivity index (χ0n) is 12.3. The van der Waals surface area contributed by atoms with Gasteiger partial charge in [-0.05, 0) is 19.4 Å². The molecule has 1 amide bonds. The van der Waals surface area contributed by atoms with Crippen molar-refractivity contribution >= 4 is 5.91 Å². The number of nitrogens with zero attached hydrogens (tertiary/aromatic N) is 1. The van der Waals surface area contributed by atoms with Crippen LogP contribution in [0.15, 0.2) is 35.5 Å². The van der Waals surface area contributed by atoms with Crippen LogP contribution in [0.3, 0.4) is 0 Å². The van der Waals surface area contributed by atoms with E-state index in [1.54, 1.807) is 13.8 Å². The van der Waals surface area contributed by atoms with Gasteiger partial charge in [-0.15, -0.1) is 4.91 Å². The predicted molar refractivity (Wildman–Crippen MR) is 74.5 cm³/mol. The zero-order chi connectivity index (χ0) is 15.7. The summed E-state index contributed by atoms with van der Waals surface area (Å²) in [6, 6.07) is 9.48. The Balaban J connectivity index is 1.74. The van der Waals surface area contributed by atoms with Gasteiger partial charge in [-0.3, -0.25) is 4.79 Å². The maximum atomic E-state index is 11.6. The Morgan fingerprint density at radius 2 is 2.00 bits per heavy atom. The number of hydrogen-bond acceptors (Lipinski definition) is 6. The van der Waals surface area contributed by atoms with E-state index in [1.807, 2.05) is 30.3 Å². The number of ether oxygens (including phenoxy) is 4. The fourth-order valence-corrected chi connectivity index (χ4v) is 2.68. The van der Waals surface area contributed by atoms with Crippen LogP contribution in [-0.2, 0) is 30.3 Å². The van der Waals surface area contributed by atoms with E-state index in [0.717, 1.165) is 5.56 Å². The minimum absolute atomic E-state index is 0.268. The molecule has 0 N–H and O–H groups in total. The van der Waals surface area contributed by atoms with Crippen molar-refractivity contribution in [2.45, 2.75) is 50.8 Å². The van der Waals surface area contributed by atoms with Gasteiger partial charge in [-0.1, -0.05) is 30.3 Å². The molecule has 2 aliphatic rings. The SMILES string of the molecule is CC1(C)O[C@H]2O[C@H](C(=O)N=O)[C@H](OCc3ccccc3)[C@H]2O1. The molecule has 2 aliphatic heterocycles. The normalized spacial score (nSPS) is 32.6. The van der Waals surface area contributed by atoms with Crippen molar-refractivity contribution in [3.63, 3.8) is 0 Å². The van der Waals surface area contributed by atoms with Crippen LogP contribution >= 0.6 is 0 Å². The van der Waals surface area contributed by atoms with Gasteiger partial charge in [-0.25, -0.2) is 0 Å². The van der Waals surface area contributed by atoms with E-state index in [2.05, 4.69) is 5.18 Å². The van der Waals surface area contributed by atoms with Crippen LogP contribution in [0.2, 0.25) is 0 Å². The van der Waals surface area contributed by atoms with E-state index < -0.39 is 36.3 Å². The van der Waals surface area contributed by atoms with Crippen molar-refractivity contribution in [3.8, 4) is 0 Å². The molecule has 2 saturated heterocycles. The van der Waals surface area contributed by atoms with Crippen molar-refractivity contribution in [1.29, 1.82) is 0 Å². The summed E-state index contributed by atoms with van der Waals surface area (Å²) in [5, 5.41) is 2.43. The van der Waals surface area contributed by atoms with Crippen LogP contribution in [0, 0.1) is 4.91 Å². The average Bonchev–Trinajstić information content (AvgIpc) is 2.97. The number of hydrogen-bond donors (Lipinski definition) is 0. The molecule has 0 radical (unpaired) electrons. The van der Waals surface area contributed by atoms with Crippen LogP contribution in [0.25, 0.3) is 0 Å². The van der Waals surface area contributed by atoms with Gasteiger partial charge in [0, 0.05) is 5.18 Å². The van der Waals surface area contributed by atoms with Gasteiger partial charge in [0.2, 0.25) is 0 Å². The maximum Gasteiger partial charge on any atom is 0.317 e. The molecule has 118 valence electrons. The van der Waals surface area contributed by atoms with Crippen molar-refractivity contribution in [3.05, 3.63) is 40.8 Å². The third-order valence-corrected chi connectivity index (χ3v) is 3.61. The van der Waals surface area contributed by atoms with E-state index in [1.165, 1.54) is 0 Å². The highest BCUT2D eigenvalue weighted by Gasteiger charge is 2.57. The highest BCUT2D eigenvalue weighted by atomic mass is 16.8.